The SMILES string of the molecule is CC(Sc1nnc(N2CCCCC2)n1Cc1ccco1)C(=O)Nc1cccc(Cl)c1. The molecule has 1 amide bonds. The number of hydrogen-bond donors (Lipinski definition) is 1. The van der Waals surface area contributed by atoms with Gasteiger partial charge in [-0.15, -0.1) is 10.2 Å². The standard InChI is InChI=1S/C21H24ClN5O2S/c1-15(19(28)23-17-8-5-7-16(22)13-17)30-21-25-24-20(26-10-3-2-4-11-26)27(21)14-18-9-6-12-29-18/h5-9,12-13,15H,2-4,10-11,14H2,1H3,(H,23,28). The van der Waals surface area contributed by atoms with E-state index in [4.69, 9.17) is 16.0 Å². The normalized spacial score (nSPS) is 15.2. The Hall–Kier alpha value is -2.45. The van der Waals surface area contributed by atoms with E-state index in [1.165, 1.54) is 18.2 Å². The summed E-state index contributed by atoms with van der Waals surface area (Å²) in [6.07, 6.45) is 5.20. The van der Waals surface area contributed by atoms with Crippen molar-refractivity contribution in [3.05, 3.63) is 53.4 Å². The number of amides is 1. The molecule has 2 aromatic heterocycles. The number of thioether (sulfide) groups is 1. The Morgan fingerprint density at radius 2 is 2.07 bits per heavy atom. The van der Waals surface area contributed by atoms with Crippen LogP contribution in [0.2, 0.25) is 5.02 Å². The lowest BCUT2D eigenvalue weighted by Crippen LogP contribution is -2.32. The van der Waals surface area contributed by atoms with E-state index in [0.717, 1.165) is 37.6 Å². The summed E-state index contributed by atoms with van der Waals surface area (Å²) in [5.41, 5.74) is 0.672. The first-order valence-corrected chi connectivity index (χ1v) is 11.3. The average Bonchev–Trinajstić information content (AvgIpc) is 3.39. The molecule has 1 saturated heterocycles. The number of anilines is 2. The van der Waals surface area contributed by atoms with Crippen molar-refractivity contribution in [1.29, 1.82) is 0 Å². The number of nitrogens with one attached hydrogen (secondary N) is 1. The highest BCUT2D eigenvalue weighted by atomic mass is 35.5. The third kappa shape index (κ3) is 4.99. The van der Waals surface area contributed by atoms with Crippen LogP contribution < -0.4 is 10.2 Å². The van der Waals surface area contributed by atoms with Gasteiger partial charge in [0.05, 0.1) is 18.1 Å². The van der Waals surface area contributed by atoms with Crippen LogP contribution >= 0.6 is 23.4 Å². The van der Waals surface area contributed by atoms with Gasteiger partial charge in [0.15, 0.2) is 5.16 Å². The van der Waals surface area contributed by atoms with Crippen molar-refractivity contribution in [2.45, 2.75) is 43.1 Å². The highest BCUT2D eigenvalue weighted by Gasteiger charge is 2.24. The van der Waals surface area contributed by atoms with E-state index in [2.05, 4.69) is 20.4 Å². The van der Waals surface area contributed by atoms with Crippen molar-refractivity contribution in [3.63, 3.8) is 0 Å². The molecule has 1 fully saturated rings. The molecule has 4 rings (SSSR count). The lowest BCUT2D eigenvalue weighted by Gasteiger charge is -2.27. The molecule has 1 aliphatic heterocycles. The zero-order valence-corrected chi connectivity index (χ0v) is 18.3. The molecule has 30 heavy (non-hydrogen) atoms. The fraction of sp³-hybridized carbons (Fsp3) is 0.381. The van der Waals surface area contributed by atoms with Gasteiger partial charge in [0.1, 0.15) is 5.76 Å². The number of aromatic nitrogens is 3. The fourth-order valence-electron chi connectivity index (χ4n) is 3.41. The molecule has 1 aliphatic rings. The Labute approximate surface area is 184 Å². The lowest BCUT2D eigenvalue weighted by atomic mass is 10.1. The second-order valence-electron chi connectivity index (χ2n) is 7.26. The molecule has 1 N–H and O–H groups in total. The predicted molar refractivity (Wildman–Crippen MR) is 119 cm³/mol. The number of rotatable bonds is 7. The van der Waals surface area contributed by atoms with Crippen LogP contribution in [0.5, 0.6) is 0 Å². The summed E-state index contributed by atoms with van der Waals surface area (Å²) in [5.74, 6) is 1.54. The van der Waals surface area contributed by atoms with Gasteiger partial charge in [-0.1, -0.05) is 29.4 Å². The van der Waals surface area contributed by atoms with E-state index < -0.39 is 0 Å². The average molecular weight is 446 g/mol. The van der Waals surface area contributed by atoms with Crippen LogP contribution in [0.15, 0.2) is 52.2 Å². The van der Waals surface area contributed by atoms with E-state index >= 15 is 0 Å². The number of benzene rings is 1. The van der Waals surface area contributed by atoms with Gasteiger partial charge in [-0.05, 0) is 56.5 Å². The third-order valence-electron chi connectivity index (χ3n) is 4.97. The molecule has 1 aromatic carbocycles. The topological polar surface area (TPSA) is 76.2 Å². The van der Waals surface area contributed by atoms with Crippen molar-refractivity contribution in [2.75, 3.05) is 23.3 Å². The Morgan fingerprint density at radius 1 is 1.23 bits per heavy atom. The van der Waals surface area contributed by atoms with Gasteiger partial charge in [-0.25, -0.2) is 0 Å². The number of carbonyl (C=O) groups is 1. The molecular weight excluding hydrogens is 422 g/mol. The van der Waals surface area contributed by atoms with E-state index in [9.17, 15) is 4.79 Å². The molecule has 158 valence electrons. The van der Waals surface area contributed by atoms with Crippen LogP contribution in [0.25, 0.3) is 0 Å². The number of nitrogens with zero attached hydrogens (tertiary/aromatic N) is 4. The van der Waals surface area contributed by atoms with Crippen molar-refractivity contribution >= 4 is 40.9 Å². The van der Waals surface area contributed by atoms with Gasteiger partial charge in [0.2, 0.25) is 11.9 Å². The maximum absolute atomic E-state index is 12.7. The third-order valence-corrected chi connectivity index (χ3v) is 6.29. The van der Waals surface area contributed by atoms with Crippen molar-refractivity contribution in [2.24, 2.45) is 0 Å². The molecule has 7 nitrogen and oxygen atoms in total. The van der Waals surface area contributed by atoms with Gasteiger partial charge < -0.3 is 14.6 Å². The molecule has 0 radical (unpaired) electrons. The van der Waals surface area contributed by atoms with E-state index in [-0.39, 0.29) is 11.2 Å². The highest BCUT2D eigenvalue weighted by Crippen LogP contribution is 2.29. The lowest BCUT2D eigenvalue weighted by molar-refractivity contribution is -0.115. The molecule has 1 atom stereocenters. The maximum atomic E-state index is 12.7. The number of halogens is 1. The van der Waals surface area contributed by atoms with E-state index in [1.807, 2.05) is 29.7 Å². The van der Waals surface area contributed by atoms with Crippen LogP contribution in [0, 0.1) is 0 Å². The summed E-state index contributed by atoms with van der Waals surface area (Å²) >= 11 is 7.40. The van der Waals surface area contributed by atoms with Gasteiger partial charge >= 0.3 is 0 Å². The molecule has 1 unspecified atom stereocenters. The number of hydrogen-bond acceptors (Lipinski definition) is 6. The van der Waals surface area contributed by atoms with Crippen LogP contribution in [0.4, 0.5) is 11.6 Å². The first-order chi connectivity index (χ1) is 14.6. The summed E-state index contributed by atoms with van der Waals surface area (Å²) < 4.78 is 7.59. The summed E-state index contributed by atoms with van der Waals surface area (Å²) in [5, 5.41) is 12.7. The number of carbonyl (C=O) groups excluding carboxylic acids is 1. The summed E-state index contributed by atoms with van der Waals surface area (Å²) in [6, 6.07) is 10.9. The second-order valence-corrected chi connectivity index (χ2v) is 9.00. The molecule has 0 spiro atoms. The van der Waals surface area contributed by atoms with Crippen LogP contribution in [0.3, 0.4) is 0 Å². The predicted octanol–water partition coefficient (Wildman–Crippen LogP) is 4.68. The zero-order chi connectivity index (χ0) is 20.9. The monoisotopic (exact) mass is 445 g/mol. The molecule has 9 heteroatoms. The number of furan rings is 1. The van der Waals surface area contributed by atoms with E-state index in [1.54, 1.807) is 24.5 Å². The van der Waals surface area contributed by atoms with Crippen LogP contribution in [-0.2, 0) is 11.3 Å². The van der Waals surface area contributed by atoms with Crippen molar-refractivity contribution in [1.82, 2.24) is 14.8 Å². The van der Waals surface area contributed by atoms with Gasteiger partial charge in [0.25, 0.3) is 0 Å². The molecule has 0 bridgehead atoms. The molecule has 3 aromatic rings. The van der Waals surface area contributed by atoms with Crippen LogP contribution in [-0.4, -0.2) is 39.0 Å². The molecule has 3 heterocycles. The number of piperidine rings is 1. The molecule has 0 aliphatic carbocycles. The first kappa shape index (κ1) is 20.8. The van der Waals surface area contributed by atoms with Crippen molar-refractivity contribution < 1.29 is 9.21 Å². The Bertz CT molecular complexity index is 985. The zero-order valence-electron chi connectivity index (χ0n) is 16.8. The van der Waals surface area contributed by atoms with Crippen molar-refractivity contribution in [3.8, 4) is 0 Å². The Balaban J connectivity index is 1.52. The maximum Gasteiger partial charge on any atom is 0.237 e. The Morgan fingerprint density at radius 3 is 2.80 bits per heavy atom. The summed E-state index contributed by atoms with van der Waals surface area (Å²) in [7, 11) is 0. The van der Waals surface area contributed by atoms with Crippen LogP contribution in [0.1, 0.15) is 31.9 Å². The quantitative estimate of drug-likeness (QED) is 0.532. The first-order valence-electron chi connectivity index (χ1n) is 10.0. The van der Waals surface area contributed by atoms with Gasteiger partial charge in [0, 0.05) is 23.8 Å². The van der Waals surface area contributed by atoms with Gasteiger partial charge in [-0.2, -0.15) is 0 Å². The molecular formula is C21H24ClN5O2S. The largest absolute Gasteiger partial charge is 0.467 e. The smallest absolute Gasteiger partial charge is 0.237 e. The summed E-state index contributed by atoms with van der Waals surface area (Å²) in [4.78, 5) is 15.0. The minimum atomic E-state index is -0.363. The Kier molecular flexibility index (Phi) is 6.64. The molecule has 0 saturated carbocycles. The highest BCUT2D eigenvalue weighted by molar-refractivity contribution is 8.00. The fourth-order valence-corrected chi connectivity index (χ4v) is 4.45. The minimum absolute atomic E-state index is 0.116. The van der Waals surface area contributed by atoms with E-state index in [0.29, 0.717) is 22.4 Å². The van der Waals surface area contributed by atoms with Gasteiger partial charge in [-0.3, -0.25) is 9.36 Å². The second kappa shape index (κ2) is 9.57. The minimum Gasteiger partial charge on any atom is -0.467 e. The summed E-state index contributed by atoms with van der Waals surface area (Å²) in [6.45, 7) is 4.31.